The summed E-state index contributed by atoms with van der Waals surface area (Å²) in [5, 5.41) is 9.81. The topological polar surface area (TPSA) is 46.2 Å². The van der Waals surface area contributed by atoms with Crippen molar-refractivity contribution in [2.75, 3.05) is 6.54 Å². The second-order valence-electron chi connectivity index (χ2n) is 4.23. The minimum absolute atomic E-state index is 0.0637. The quantitative estimate of drug-likeness (QED) is 0.641. The molecule has 3 N–H and O–H groups in total. The van der Waals surface area contributed by atoms with Crippen LogP contribution in [0.5, 0.6) is 0 Å². The van der Waals surface area contributed by atoms with Crippen LogP contribution in [0.1, 0.15) is 27.2 Å². The molecule has 2 nitrogen and oxygen atoms in total. The lowest BCUT2D eigenvalue weighted by Gasteiger charge is -2.24. The highest BCUT2D eigenvalue weighted by atomic mass is 16.3. The van der Waals surface area contributed by atoms with Crippen molar-refractivity contribution < 1.29 is 5.11 Å². The number of aliphatic hydroxyl groups is 1. The summed E-state index contributed by atoms with van der Waals surface area (Å²) < 4.78 is 0. The lowest BCUT2D eigenvalue weighted by atomic mass is 9.88. The van der Waals surface area contributed by atoms with E-state index in [0.717, 1.165) is 6.42 Å². The molecule has 0 spiro atoms. The predicted molar refractivity (Wildman–Crippen MR) is 46.1 cm³/mol. The molecule has 2 heteroatoms. The average Bonchev–Trinajstić information content (AvgIpc) is 2.61. The summed E-state index contributed by atoms with van der Waals surface area (Å²) in [4.78, 5) is 0. The maximum absolute atomic E-state index is 9.81. The van der Waals surface area contributed by atoms with Crippen LogP contribution in [0.3, 0.4) is 0 Å². The smallest absolute Gasteiger partial charge is 0.0634 e. The van der Waals surface area contributed by atoms with E-state index in [4.69, 9.17) is 5.73 Å². The van der Waals surface area contributed by atoms with Gasteiger partial charge in [-0.05, 0) is 18.3 Å². The Bertz CT molecular complexity index is 142. The lowest BCUT2D eigenvalue weighted by molar-refractivity contribution is 0.0474. The van der Waals surface area contributed by atoms with Crippen molar-refractivity contribution in [3.63, 3.8) is 0 Å². The Morgan fingerprint density at radius 3 is 2.18 bits per heavy atom. The Labute approximate surface area is 68.8 Å². The van der Waals surface area contributed by atoms with Gasteiger partial charge in [-0.3, -0.25) is 0 Å². The monoisotopic (exact) mass is 157 g/mol. The van der Waals surface area contributed by atoms with E-state index in [1.807, 2.05) is 13.8 Å². The Kier molecular flexibility index (Phi) is 2.26. The third-order valence-electron chi connectivity index (χ3n) is 3.11. The van der Waals surface area contributed by atoms with E-state index in [9.17, 15) is 5.11 Å². The first-order valence-electron chi connectivity index (χ1n) is 4.42. The van der Waals surface area contributed by atoms with E-state index < -0.39 is 0 Å². The number of rotatable bonds is 3. The van der Waals surface area contributed by atoms with Crippen LogP contribution in [0.15, 0.2) is 0 Å². The third-order valence-corrected chi connectivity index (χ3v) is 3.11. The van der Waals surface area contributed by atoms with Crippen LogP contribution in [-0.2, 0) is 0 Å². The lowest BCUT2D eigenvalue weighted by Crippen LogP contribution is -2.35. The zero-order valence-electron chi connectivity index (χ0n) is 7.67. The number of hydrogen-bond donors (Lipinski definition) is 2. The van der Waals surface area contributed by atoms with Gasteiger partial charge in [-0.2, -0.15) is 0 Å². The fourth-order valence-electron chi connectivity index (χ4n) is 1.99. The van der Waals surface area contributed by atoms with Crippen molar-refractivity contribution in [1.29, 1.82) is 0 Å². The van der Waals surface area contributed by atoms with E-state index in [1.54, 1.807) is 0 Å². The van der Waals surface area contributed by atoms with Crippen molar-refractivity contribution in [3.8, 4) is 0 Å². The second-order valence-corrected chi connectivity index (χ2v) is 4.23. The van der Waals surface area contributed by atoms with Crippen molar-refractivity contribution in [2.24, 2.45) is 23.0 Å². The van der Waals surface area contributed by atoms with Crippen molar-refractivity contribution in [2.45, 2.75) is 33.3 Å². The van der Waals surface area contributed by atoms with Gasteiger partial charge in [0.05, 0.1) is 6.10 Å². The molecule has 0 heterocycles. The van der Waals surface area contributed by atoms with Gasteiger partial charge in [0.15, 0.2) is 0 Å². The number of nitrogens with two attached hydrogens (primary N) is 1. The standard InChI is InChI=1S/C9H19NO/c1-6(2)8(11)9(5-10)4-7(9)3/h6-8,11H,4-5,10H2,1-3H3/t7-,8+,9-/m0/s1. The normalized spacial score (nSPS) is 39.3. The highest BCUT2D eigenvalue weighted by Crippen LogP contribution is 2.55. The van der Waals surface area contributed by atoms with Crippen LogP contribution in [0.25, 0.3) is 0 Å². The van der Waals surface area contributed by atoms with Gasteiger partial charge in [0.1, 0.15) is 0 Å². The Hall–Kier alpha value is -0.0800. The molecule has 1 aliphatic rings. The SMILES string of the molecule is CC(C)[C@@H](O)[C@]1(CN)C[C@@H]1C. The van der Waals surface area contributed by atoms with E-state index in [-0.39, 0.29) is 11.5 Å². The average molecular weight is 157 g/mol. The van der Waals surface area contributed by atoms with E-state index in [0.29, 0.717) is 18.4 Å². The highest BCUT2D eigenvalue weighted by Gasteiger charge is 2.55. The molecule has 66 valence electrons. The predicted octanol–water partition coefficient (Wildman–Crippen LogP) is 0.988. The molecule has 0 saturated heterocycles. The first-order valence-corrected chi connectivity index (χ1v) is 4.42. The second kappa shape index (κ2) is 2.76. The van der Waals surface area contributed by atoms with Crippen molar-refractivity contribution in [3.05, 3.63) is 0 Å². The molecule has 0 aliphatic heterocycles. The molecular weight excluding hydrogens is 138 g/mol. The number of aliphatic hydroxyl groups excluding tert-OH is 1. The van der Waals surface area contributed by atoms with Gasteiger partial charge in [-0.25, -0.2) is 0 Å². The molecule has 0 aromatic rings. The Balaban J connectivity index is 2.58. The van der Waals surface area contributed by atoms with Crippen molar-refractivity contribution in [1.82, 2.24) is 0 Å². The molecule has 3 atom stereocenters. The van der Waals surface area contributed by atoms with Gasteiger partial charge in [0.2, 0.25) is 0 Å². The van der Waals surface area contributed by atoms with Crippen LogP contribution in [-0.4, -0.2) is 17.8 Å². The summed E-state index contributed by atoms with van der Waals surface area (Å²) in [6, 6.07) is 0. The van der Waals surface area contributed by atoms with Crippen LogP contribution >= 0.6 is 0 Å². The molecule has 0 bridgehead atoms. The molecule has 0 aromatic carbocycles. The van der Waals surface area contributed by atoms with Gasteiger partial charge < -0.3 is 10.8 Å². The molecule has 0 aromatic heterocycles. The molecule has 1 saturated carbocycles. The summed E-state index contributed by atoms with van der Waals surface area (Å²) in [6.45, 7) is 6.90. The van der Waals surface area contributed by atoms with Crippen LogP contribution in [0.2, 0.25) is 0 Å². The van der Waals surface area contributed by atoms with Gasteiger partial charge in [0, 0.05) is 12.0 Å². The highest BCUT2D eigenvalue weighted by molar-refractivity contribution is 5.05. The maximum atomic E-state index is 9.81. The van der Waals surface area contributed by atoms with E-state index >= 15 is 0 Å². The Morgan fingerprint density at radius 1 is 1.64 bits per heavy atom. The van der Waals surface area contributed by atoms with Gasteiger partial charge in [0.25, 0.3) is 0 Å². The molecule has 1 fully saturated rings. The van der Waals surface area contributed by atoms with E-state index in [2.05, 4.69) is 6.92 Å². The zero-order chi connectivity index (χ0) is 8.65. The summed E-state index contributed by atoms with van der Waals surface area (Å²) in [6.07, 6.45) is 0.894. The molecule has 0 radical (unpaired) electrons. The van der Waals surface area contributed by atoms with Gasteiger partial charge in [-0.15, -0.1) is 0 Å². The van der Waals surface area contributed by atoms with Crippen molar-refractivity contribution >= 4 is 0 Å². The molecular formula is C9H19NO. The maximum Gasteiger partial charge on any atom is 0.0634 e. The first-order chi connectivity index (χ1) is 5.04. The van der Waals surface area contributed by atoms with Crippen LogP contribution in [0.4, 0.5) is 0 Å². The van der Waals surface area contributed by atoms with Gasteiger partial charge >= 0.3 is 0 Å². The molecule has 1 aliphatic carbocycles. The Morgan fingerprint density at radius 2 is 2.09 bits per heavy atom. The fraction of sp³-hybridized carbons (Fsp3) is 1.00. The van der Waals surface area contributed by atoms with Gasteiger partial charge in [-0.1, -0.05) is 20.8 Å². The molecule has 0 unspecified atom stereocenters. The first kappa shape index (κ1) is 9.01. The minimum atomic E-state index is -0.206. The minimum Gasteiger partial charge on any atom is -0.392 e. The largest absolute Gasteiger partial charge is 0.392 e. The molecule has 0 amide bonds. The van der Waals surface area contributed by atoms with E-state index in [1.165, 1.54) is 0 Å². The molecule has 1 rings (SSSR count). The fourth-order valence-corrected chi connectivity index (χ4v) is 1.99. The molecule has 11 heavy (non-hydrogen) atoms. The third kappa shape index (κ3) is 1.30. The van der Waals surface area contributed by atoms with Crippen LogP contribution in [0, 0.1) is 17.3 Å². The summed E-state index contributed by atoms with van der Waals surface area (Å²) in [5.74, 6) is 0.952. The van der Waals surface area contributed by atoms with Crippen LogP contribution < -0.4 is 5.73 Å². The summed E-state index contributed by atoms with van der Waals surface area (Å²) >= 11 is 0. The number of hydrogen-bond acceptors (Lipinski definition) is 2. The summed E-state index contributed by atoms with van der Waals surface area (Å²) in [7, 11) is 0. The summed E-state index contributed by atoms with van der Waals surface area (Å²) in [5.41, 5.74) is 5.70. The zero-order valence-corrected chi connectivity index (χ0v) is 7.67.